The van der Waals surface area contributed by atoms with Crippen LogP contribution in [0.3, 0.4) is 0 Å². The highest BCUT2D eigenvalue weighted by Gasteiger charge is 2.41. The van der Waals surface area contributed by atoms with E-state index < -0.39 is 0 Å². The lowest BCUT2D eigenvalue weighted by Gasteiger charge is -2.38. The smallest absolute Gasteiger partial charge is 0.213 e. The zero-order valence-electron chi connectivity index (χ0n) is 14.2. The third-order valence-corrected chi connectivity index (χ3v) is 5.35. The summed E-state index contributed by atoms with van der Waals surface area (Å²) in [5.74, 6) is 2.64. The molecule has 2 atom stereocenters. The molecule has 0 bridgehead atoms. The second-order valence-electron chi connectivity index (χ2n) is 6.62. The molecule has 5 heteroatoms. The van der Waals surface area contributed by atoms with Crippen LogP contribution in [0.1, 0.15) is 41.3 Å². The molecular weight excluding hydrogens is 392 g/mol. The lowest BCUT2D eigenvalue weighted by molar-refractivity contribution is -0.0190. The molecule has 2 aromatic carbocycles. The molecule has 0 spiro atoms. The van der Waals surface area contributed by atoms with Crippen molar-refractivity contribution in [3.05, 3.63) is 87.8 Å². The molecule has 3 aromatic rings. The van der Waals surface area contributed by atoms with Crippen molar-refractivity contribution in [3.8, 4) is 5.75 Å². The lowest BCUT2D eigenvalue weighted by Crippen LogP contribution is -2.33. The van der Waals surface area contributed by atoms with Gasteiger partial charge in [-0.2, -0.15) is 5.10 Å². The number of rotatable bonds is 2. The first-order chi connectivity index (χ1) is 12.7. The van der Waals surface area contributed by atoms with Gasteiger partial charge in [-0.05, 0) is 37.3 Å². The highest BCUT2D eigenvalue weighted by Crippen LogP contribution is 2.48. The predicted octanol–water partition coefficient (Wildman–Crippen LogP) is 5.59. The van der Waals surface area contributed by atoms with E-state index in [4.69, 9.17) is 14.3 Å². The van der Waals surface area contributed by atoms with Crippen LogP contribution >= 0.6 is 15.9 Å². The largest absolute Gasteiger partial charge is 0.464 e. The van der Waals surface area contributed by atoms with Gasteiger partial charge in [0, 0.05) is 22.0 Å². The minimum Gasteiger partial charge on any atom is -0.464 e. The van der Waals surface area contributed by atoms with Crippen molar-refractivity contribution in [2.45, 2.75) is 25.6 Å². The van der Waals surface area contributed by atoms with Gasteiger partial charge in [0.25, 0.3) is 0 Å². The van der Waals surface area contributed by atoms with E-state index in [-0.39, 0.29) is 12.3 Å². The predicted molar refractivity (Wildman–Crippen MR) is 103 cm³/mol. The van der Waals surface area contributed by atoms with Crippen molar-refractivity contribution < 1.29 is 9.15 Å². The fourth-order valence-corrected chi connectivity index (χ4v) is 4.01. The molecule has 0 amide bonds. The molecule has 2 aliphatic heterocycles. The summed E-state index contributed by atoms with van der Waals surface area (Å²) in [6.45, 7) is 1.95. The van der Waals surface area contributed by atoms with Crippen molar-refractivity contribution in [1.29, 1.82) is 0 Å². The van der Waals surface area contributed by atoms with Crippen LogP contribution < -0.4 is 4.74 Å². The molecule has 2 aliphatic rings. The van der Waals surface area contributed by atoms with Gasteiger partial charge in [-0.3, -0.25) is 0 Å². The van der Waals surface area contributed by atoms with Gasteiger partial charge < -0.3 is 9.15 Å². The molecule has 0 aliphatic carbocycles. The molecule has 0 unspecified atom stereocenters. The second-order valence-corrected chi connectivity index (χ2v) is 7.54. The van der Waals surface area contributed by atoms with Gasteiger partial charge in [-0.25, -0.2) is 5.01 Å². The first-order valence-corrected chi connectivity index (χ1v) is 9.42. The zero-order valence-corrected chi connectivity index (χ0v) is 15.8. The quantitative estimate of drug-likeness (QED) is 0.554. The Kier molecular flexibility index (Phi) is 3.64. The van der Waals surface area contributed by atoms with Crippen molar-refractivity contribution in [3.63, 3.8) is 0 Å². The van der Waals surface area contributed by atoms with E-state index in [1.165, 1.54) is 0 Å². The summed E-state index contributed by atoms with van der Waals surface area (Å²) in [5.41, 5.74) is 3.20. The van der Waals surface area contributed by atoms with E-state index in [0.717, 1.165) is 45.0 Å². The fourth-order valence-electron chi connectivity index (χ4n) is 3.63. The van der Waals surface area contributed by atoms with E-state index in [2.05, 4.69) is 39.1 Å². The van der Waals surface area contributed by atoms with Crippen LogP contribution in [0.25, 0.3) is 0 Å². The van der Waals surface area contributed by atoms with Crippen molar-refractivity contribution >= 4 is 21.6 Å². The van der Waals surface area contributed by atoms with Crippen LogP contribution in [0.15, 0.2) is 74.7 Å². The Morgan fingerprint density at radius 1 is 1.08 bits per heavy atom. The van der Waals surface area contributed by atoms with Gasteiger partial charge >= 0.3 is 0 Å². The summed E-state index contributed by atoms with van der Waals surface area (Å²) in [6, 6.07) is 20.5. The van der Waals surface area contributed by atoms with Gasteiger partial charge in [0.05, 0.1) is 6.04 Å². The van der Waals surface area contributed by atoms with Crippen molar-refractivity contribution in [2.75, 3.05) is 0 Å². The van der Waals surface area contributed by atoms with Gasteiger partial charge in [-0.1, -0.05) is 46.3 Å². The highest BCUT2D eigenvalue weighted by atomic mass is 79.9. The maximum Gasteiger partial charge on any atom is 0.213 e. The Morgan fingerprint density at radius 2 is 1.92 bits per heavy atom. The lowest BCUT2D eigenvalue weighted by atomic mass is 9.97. The summed E-state index contributed by atoms with van der Waals surface area (Å²) in [6.07, 6.45) is 0.548. The zero-order chi connectivity index (χ0) is 17.7. The number of hydrogen-bond donors (Lipinski definition) is 0. The van der Waals surface area contributed by atoms with Gasteiger partial charge in [0.2, 0.25) is 6.23 Å². The molecule has 0 saturated heterocycles. The number of hydrazone groups is 1. The third-order valence-electron chi connectivity index (χ3n) is 4.86. The van der Waals surface area contributed by atoms with E-state index in [1.807, 2.05) is 49.4 Å². The van der Waals surface area contributed by atoms with Crippen LogP contribution in [0.5, 0.6) is 5.75 Å². The SMILES string of the molecule is Cc1ccc(C2=NN3[C@H](C2)c2cc(Br)ccc2O[C@@H]3c2ccccc2)o1. The van der Waals surface area contributed by atoms with Crippen molar-refractivity contribution in [2.24, 2.45) is 5.10 Å². The van der Waals surface area contributed by atoms with E-state index in [1.54, 1.807) is 0 Å². The molecule has 0 N–H and O–H groups in total. The normalized spacial score (nSPS) is 21.0. The molecule has 130 valence electrons. The third kappa shape index (κ3) is 2.54. The Morgan fingerprint density at radius 3 is 2.69 bits per heavy atom. The number of benzene rings is 2. The summed E-state index contributed by atoms with van der Waals surface area (Å²) < 4.78 is 13.2. The standard InChI is InChI=1S/C21H17BrN2O2/c1-13-7-9-20(25-13)17-12-18-16-11-15(22)8-10-19(16)26-21(24(18)23-17)14-5-3-2-4-6-14/h2-11,18,21H,12H2,1H3/t18-,21-/m1/s1. The molecule has 0 fully saturated rings. The summed E-state index contributed by atoms with van der Waals surface area (Å²) in [7, 11) is 0. The monoisotopic (exact) mass is 408 g/mol. The molecule has 1 aromatic heterocycles. The Hall–Kier alpha value is -2.53. The summed E-state index contributed by atoms with van der Waals surface area (Å²) in [4.78, 5) is 0. The molecule has 4 nitrogen and oxygen atoms in total. The number of halogens is 1. The number of ether oxygens (including phenoxy) is 1. The number of furan rings is 1. The molecule has 26 heavy (non-hydrogen) atoms. The average molecular weight is 409 g/mol. The first-order valence-electron chi connectivity index (χ1n) is 8.63. The van der Waals surface area contributed by atoms with Gasteiger partial charge in [-0.15, -0.1) is 0 Å². The number of aryl methyl sites for hydroxylation is 1. The summed E-state index contributed by atoms with van der Waals surface area (Å²) >= 11 is 3.58. The molecule has 5 rings (SSSR count). The highest BCUT2D eigenvalue weighted by molar-refractivity contribution is 9.10. The van der Waals surface area contributed by atoms with Gasteiger partial charge in [0.1, 0.15) is 23.0 Å². The molecular formula is C21H17BrN2O2. The number of hydrogen-bond acceptors (Lipinski definition) is 4. The average Bonchev–Trinajstić information content (AvgIpc) is 3.28. The molecule has 0 radical (unpaired) electrons. The molecule has 3 heterocycles. The number of fused-ring (bicyclic) bond motifs is 3. The fraction of sp³-hybridized carbons (Fsp3) is 0.190. The minimum atomic E-state index is -0.247. The maximum absolute atomic E-state index is 6.34. The van der Waals surface area contributed by atoms with Crippen molar-refractivity contribution in [1.82, 2.24) is 5.01 Å². The van der Waals surface area contributed by atoms with Crippen LogP contribution in [0.4, 0.5) is 0 Å². The van der Waals surface area contributed by atoms with E-state index >= 15 is 0 Å². The molecule has 0 saturated carbocycles. The number of nitrogens with zero attached hydrogens (tertiary/aromatic N) is 2. The minimum absolute atomic E-state index is 0.127. The Balaban J connectivity index is 1.61. The Labute approximate surface area is 160 Å². The van der Waals surface area contributed by atoms with Crippen LogP contribution in [-0.2, 0) is 0 Å². The maximum atomic E-state index is 6.34. The van der Waals surface area contributed by atoms with Crippen LogP contribution in [0.2, 0.25) is 0 Å². The topological polar surface area (TPSA) is 38.0 Å². The van der Waals surface area contributed by atoms with Crippen LogP contribution in [-0.4, -0.2) is 10.7 Å². The summed E-state index contributed by atoms with van der Waals surface area (Å²) in [5, 5.41) is 6.96. The second kappa shape index (κ2) is 6.02. The van der Waals surface area contributed by atoms with Gasteiger partial charge in [0.15, 0.2) is 0 Å². The first kappa shape index (κ1) is 15.7. The van der Waals surface area contributed by atoms with E-state index in [0.29, 0.717) is 0 Å². The van der Waals surface area contributed by atoms with Crippen LogP contribution in [0, 0.1) is 6.92 Å². The van der Waals surface area contributed by atoms with E-state index in [9.17, 15) is 0 Å². The Bertz CT molecular complexity index is 996.